The largest absolute Gasteiger partial charge is 0.514 e. The molecule has 0 aliphatic heterocycles. The molecule has 0 aliphatic carbocycles. The summed E-state index contributed by atoms with van der Waals surface area (Å²) in [5.41, 5.74) is 0.372. The maximum absolute atomic E-state index is 12.2. The van der Waals surface area contributed by atoms with Crippen molar-refractivity contribution in [2.75, 3.05) is 13.2 Å². The number of ether oxygens (including phenoxy) is 3. The zero-order valence-electron chi connectivity index (χ0n) is 19.7. The molecule has 1 atom stereocenters. The summed E-state index contributed by atoms with van der Waals surface area (Å²) >= 11 is 7.97. The Labute approximate surface area is 206 Å². The average Bonchev–Trinajstić information content (AvgIpc) is 2.73. The number of hydrogen-bond acceptors (Lipinski definition) is 6. The number of aliphatic hydroxyl groups is 1. The van der Waals surface area contributed by atoms with Crippen LogP contribution in [-0.4, -0.2) is 30.1 Å². The maximum Gasteiger partial charge on any atom is 0.514 e. The molecule has 0 aromatic heterocycles. The van der Waals surface area contributed by atoms with E-state index >= 15 is 0 Å². The molecule has 2 rings (SSSR count). The fourth-order valence-electron chi connectivity index (χ4n) is 3.07. The van der Waals surface area contributed by atoms with Gasteiger partial charge in [-0.2, -0.15) is 0 Å². The highest BCUT2D eigenvalue weighted by Crippen LogP contribution is 2.39. The van der Waals surface area contributed by atoms with Crippen LogP contribution in [0.1, 0.15) is 46.1 Å². The number of benzene rings is 2. The number of aryl methyl sites for hydroxylation is 1. The summed E-state index contributed by atoms with van der Waals surface area (Å²) in [4.78, 5) is 13.8. The minimum absolute atomic E-state index is 0.133. The van der Waals surface area contributed by atoms with E-state index in [2.05, 4.69) is 6.58 Å². The van der Waals surface area contributed by atoms with E-state index in [1.165, 1.54) is 11.8 Å². The van der Waals surface area contributed by atoms with E-state index in [1.54, 1.807) is 32.9 Å². The van der Waals surface area contributed by atoms with Crippen LogP contribution in [0.5, 0.6) is 11.5 Å². The lowest BCUT2D eigenvalue weighted by Crippen LogP contribution is -2.26. The van der Waals surface area contributed by atoms with Gasteiger partial charge in [-0.05, 0) is 88.8 Å². The van der Waals surface area contributed by atoms with Gasteiger partial charge in [0.05, 0.1) is 11.5 Å². The Morgan fingerprint density at radius 2 is 2.00 bits per heavy atom. The fourth-order valence-corrected chi connectivity index (χ4v) is 4.36. The van der Waals surface area contributed by atoms with E-state index in [9.17, 15) is 9.90 Å². The molecule has 180 valence electrons. The van der Waals surface area contributed by atoms with Gasteiger partial charge >= 0.3 is 6.16 Å². The highest BCUT2D eigenvalue weighted by molar-refractivity contribution is 7.99. The number of carbonyl (C=O) groups is 1. The second-order valence-electron chi connectivity index (χ2n) is 8.57. The van der Waals surface area contributed by atoms with Gasteiger partial charge in [-0.3, -0.25) is 0 Å². The maximum atomic E-state index is 12.2. The van der Waals surface area contributed by atoms with Crippen molar-refractivity contribution < 1.29 is 24.1 Å². The lowest BCUT2D eigenvalue weighted by molar-refractivity contribution is 0.0200. The molecule has 2 aromatic carbocycles. The summed E-state index contributed by atoms with van der Waals surface area (Å²) in [6, 6.07) is 11.2. The van der Waals surface area contributed by atoms with E-state index in [-0.39, 0.29) is 12.5 Å². The quantitative estimate of drug-likeness (QED) is 0.201. The fraction of sp³-hybridized carbons (Fsp3) is 0.423. The van der Waals surface area contributed by atoms with Crippen LogP contribution in [0.4, 0.5) is 4.79 Å². The SMILES string of the molecule is C=CCC(CO)CCc1ccc(Sc2cc(OCC)ccc2OC(=O)OC(C)(C)C)cc1Cl. The second kappa shape index (κ2) is 12.9. The molecule has 0 fully saturated rings. The molecular weight excluding hydrogens is 460 g/mol. The van der Waals surface area contributed by atoms with Crippen LogP contribution < -0.4 is 9.47 Å². The number of aliphatic hydroxyl groups excluding tert-OH is 1. The summed E-state index contributed by atoms with van der Waals surface area (Å²) in [5.74, 6) is 1.24. The third-order valence-electron chi connectivity index (χ3n) is 4.64. The molecule has 2 aromatic rings. The van der Waals surface area contributed by atoms with Crippen molar-refractivity contribution in [1.82, 2.24) is 0 Å². The Morgan fingerprint density at radius 3 is 2.61 bits per heavy atom. The molecule has 0 radical (unpaired) electrons. The van der Waals surface area contributed by atoms with Gasteiger partial charge in [-0.1, -0.05) is 35.5 Å². The average molecular weight is 493 g/mol. The molecule has 0 saturated heterocycles. The predicted octanol–water partition coefficient (Wildman–Crippen LogP) is 7.32. The van der Waals surface area contributed by atoms with Gasteiger partial charge < -0.3 is 19.3 Å². The Hall–Kier alpha value is -2.15. The van der Waals surface area contributed by atoms with E-state index in [0.29, 0.717) is 28.0 Å². The summed E-state index contributed by atoms with van der Waals surface area (Å²) in [6.45, 7) is 11.7. The van der Waals surface area contributed by atoms with E-state index < -0.39 is 11.8 Å². The van der Waals surface area contributed by atoms with Crippen molar-refractivity contribution in [3.05, 3.63) is 59.6 Å². The van der Waals surface area contributed by atoms with Gasteiger partial charge in [-0.15, -0.1) is 6.58 Å². The van der Waals surface area contributed by atoms with Crippen LogP contribution in [0.25, 0.3) is 0 Å². The van der Waals surface area contributed by atoms with Gasteiger partial charge in [-0.25, -0.2) is 4.79 Å². The van der Waals surface area contributed by atoms with Crippen molar-refractivity contribution in [3.63, 3.8) is 0 Å². The molecular formula is C26H33ClO5S. The molecule has 1 N–H and O–H groups in total. The normalized spacial score (nSPS) is 12.2. The lowest BCUT2D eigenvalue weighted by Gasteiger charge is -2.19. The smallest absolute Gasteiger partial charge is 0.494 e. The van der Waals surface area contributed by atoms with Crippen LogP contribution in [0, 0.1) is 5.92 Å². The summed E-state index contributed by atoms with van der Waals surface area (Å²) in [6.07, 6.45) is 3.45. The van der Waals surface area contributed by atoms with Crippen molar-refractivity contribution in [2.24, 2.45) is 5.92 Å². The third kappa shape index (κ3) is 9.32. The molecule has 5 nitrogen and oxygen atoms in total. The first-order chi connectivity index (χ1) is 15.6. The Kier molecular flexibility index (Phi) is 10.6. The van der Waals surface area contributed by atoms with Crippen molar-refractivity contribution in [2.45, 2.75) is 62.3 Å². The zero-order chi connectivity index (χ0) is 24.4. The van der Waals surface area contributed by atoms with Crippen LogP contribution in [-0.2, 0) is 11.2 Å². The molecule has 33 heavy (non-hydrogen) atoms. The number of allylic oxidation sites excluding steroid dienone is 1. The number of hydrogen-bond donors (Lipinski definition) is 1. The Bertz CT molecular complexity index is 939. The topological polar surface area (TPSA) is 65.0 Å². The van der Waals surface area contributed by atoms with Crippen LogP contribution in [0.3, 0.4) is 0 Å². The molecule has 0 bridgehead atoms. The zero-order valence-corrected chi connectivity index (χ0v) is 21.3. The molecule has 1 unspecified atom stereocenters. The molecule has 7 heteroatoms. The highest BCUT2D eigenvalue weighted by atomic mass is 35.5. The first-order valence-electron chi connectivity index (χ1n) is 11.0. The summed E-state index contributed by atoms with van der Waals surface area (Å²) < 4.78 is 16.4. The molecule has 0 amide bonds. The van der Waals surface area contributed by atoms with Gasteiger partial charge in [0.15, 0.2) is 0 Å². The predicted molar refractivity (Wildman–Crippen MR) is 134 cm³/mol. The van der Waals surface area contributed by atoms with Gasteiger partial charge in [0.25, 0.3) is 0 Å². The van der Waals surface area contributed by atoms with Gasteiger partial charge in [0.1, 0.15) is 17.1 Å². The van der Waals surface area contributed by atoms with Crippen molar-refractivity contribution in [3.8, 4) is 11.5 Å². The number of carbonyl (C=O) groups excluding carboxylic acids is 1. The standard InChI is InChI=1S/C26H33ClO5S/c1-6-8-18(17-28)9-10-19-11-13-21(16-22(19)27)33-24-15-20(30-7-2)12-14-23(24)31-25(29)32-26(3,4)5/h6,11-16,18,28H,1,7-10,17H2,2-5H3. The van der Waals surface area contributed by atoms with E-state index in [1.807, 2.05) is 37.3 Å². The van der Waals surface area contributed by atoms with E-state index in [4.69, 9.17) is 25.8 Å². The van der Waals surface area contributed by atoms with Crippen molar-refractivity contribution >= 4 is 29.5 Å². The first kappa shape index (κ1) is 27.1. The first-order valence-corrected chi connectivity index (χ1v) is 12.2. The Balaban J connectivity index is 2.20. The van der Waals surface area contributed by atoms with Crippen LogP contribution >= 0.6 is 23.4 Å². The van der Waals surface area contributed by atoms with Crippen LogP contribution in [0.15, 0.2) is 58.8 Å². The molecule has 0 heterocycles. The summed E-state index contributed by atoms with van der Waals surface area (Å²) in [5, 5.41) is 10.1. The molecule has 0 saturated carbocycles. The van der Waals surface area contributed by atoms with Gasteiger partial charge in [0, 0.05) is 16.5 Å². The number of rotatable bonds is 11. The number of halogens is 1. The monoisotopic (exact) mass is 492 g/mol. The molecule has 0 aliphatic rings. The third-order valence-corrected chi connectivity index (χ3v) is 6.02. The van der Waals surface area contributed by atoms with E-state index in [0.717, 1.165) is 29.7 Å². The molecule has 0 spiro atoms. The second-order valence-corrected chi connectivity index (χ2v) is 10.1. The Morgan fingerprint density at radius 1 is 1.24 bits per heavy atom. The van der Waals surface area contributed by atoms with Gasteiger partial charge in [0.2, 0.25) is 0 Å². The van der Waals surface area contributed by atoms with Crippen molar-refractivity contribution in [1.29, 1.82) is 0 Å². The minimum Gasteiger partial charge on any atom is -0.494 e. The minimum atomic E-state index is -0.764. The lowest BCUT2D eigenvalue weighted by atomic mass is 9.97. The summed E-state index contributed by atoms with van der Waals surface area (Å²) in [7, 11) is 0. The highest BCUT2D eigenvalue weighted by Gasteiger charge is 2.20. The van der Waals surface area contributed by atoms with Crippen LogP contribution in [0.2, 0.25) is 5.02 Å².